The van der Waals surface area contributed by atoms with Crippen LogP contribution in [0.2, 0.25) is 0 Å². The highest BCUT2D eigenvalue weighted by molar-refractivity contribution is 7.16. The van der Waals surface area contributed by atoms with Crippen LogP contribution in [0.15, 0.2) is 42.0 Å². The summed E-state index contributed by atoms with van der Waals surface area (Å²) >= 11 is 1.54. The lowest BCUT2D eigenvalue weighted by Gasteiger charge is -2.13. The number of nitrogens with zero attached hydrogens (tertiary/aromatic N) is 3. The van der Waals surface area contributed by atoms with Gasteiger partial charge < -0.3 is 4.74 Å². The number of fused-ring (bicyclic) bond motifs is 2. The number of carbonyl (C=O) groups excluding carboxylic acids is 2. The third kappa shape index (κ3) is 2.87. The summed E-state index contributed by atoms with van der Waals surface area (Å²) in [5.41, 5.74) is 0.981. The molecular formula is C18H15N3O3S. The zero-order chi connectivity index (χ0) is 17.2. The zero-order valence-electron chi connectivity index (χ0n) is 13.3. The van der Waals surface area contributed by atoms with Gasteiger partial charge in [-0.25, -0.2) is 9.97 Å². The topological polar surface area (TPSA) is 72.4 Å². The highest BCUT2D eigenvalue weighted by Gasteiger charge is 2.34. The van der Waals surface area contributed by atoms with Crippen molar-refractivity contribution in [1.82, 2.24) is 14.9 Å². The molecule has 3 heterocycles. The summed E-state index contributed by atoms with van der Waals surface area (Å²) < 4.78 is 5.73. The largest absolute Gasteiger partial charge is 0.477 e. The number of ether oxygens (including phenoxy) is 1. The van der Waals surface area contributed by atoms with Gasteiger partial charge in [0.15, 0.2) is 0 Å². The Kier molecular flexibility index (Phi) is 4.15. The van der Waals surface area contributed by atoms with E-state index in [1.54, 1.807) is 35.6 Å². The van der Waals surface area contributed by atoms with Gasteiger partial charge in [-0.1, -0.05) is 12.1 Å². The Morgan fingerprint density at radius 3 is 2.52 bits per heavy atom. The fourth-order valence-electron chi connectivity index (χ4n) is 2.87. The Morgan fingerprint density at radius 1 is 1.00 bits per heavy atom. The second kappa shape index (κ2) is 6.60. The highest BCUT2D eigenvalue weighted by atomic mass is 32.1. The molecule has 1 aliphatic rings. The van der Waals surface area contributed by atoms with Gasteiger partial charge in [-0.05, 0) is 36.4 Å². The maximum Gasteiger partial charge on any atom is 0.261 e. The Hall–Kier alpha value is -2.80. The fraction of sp³-hybridized carbons (Fsp3) is 0.222. The first-order chi connectivity index (χ1) is 12.3. The average Bonchev–Trinajstić information content (AvgIpc) is 3.21. The normalized spacial score (nSPS) is 13.5. The number of amides is 2. The molecule has 2 aromatic heterocycles. The molecule has 0 aliphatic carbocycles. The van der Waals surface area contributed by atoms with Crippen molar-refractivity contribution in [2.24, 2.45) is 0 Å². The molecule has 7 heteroatoms. The molecule has 1 aliphatic heterocycles. The minimum Gasteiger partial charge on any atom is -0.477 e. The summed E-state index contributed by atoms with van der Waals surface area (Å²) in [6.45, 7) is 0.873. The minimum absolute atomic E-state index is 0.211. The van der Waals surface area contributed by atoms with Crippen LogP contribution in [-0.2, 0) is 0 Å². The van der Waals surface area contributed by atoms with E-state index in [0.717, 1.165) is 16.6 Å². The van der Waals surface area contributed by atoms with Crippen LogP contribution in [0, 0.1) is 0 Å². The van der Waals surface area contributed by atoms with Crippen LogP contribution in [0.4, 0.5) is 0 Å². The van der Waals surface area contributed by atoms with E-state index >= 15 is 0 Å². The molecule has 0 N–H and O–H groups in total. The van der Waals surface area contributed by atoms with E-state index in [1.807, 2.05) is 11.4 Å². The Morgan fingerprint density at radius 2 is 1.76 bits per heavy atom. The Labute approximate surface area is 148 Å². The number of benzene rings is 1. The standard InChI is InChI=1S/C18H15N3O3S/c22-17-12-5-1-2-6-13(12)18(23)21(17)8-3-4-9-24-15-14-7-10-25-16(14)20-11-19-15/h1-2,5-7,10-11H,3-4,8-9H2. The molecule has 4 rings (SSSR count). The molecule has 0 spiro atoms. The van der Waals surface area contributed by atoms with Gasteiger partial charge in [0.05, 0.1) is 23.1 Å². The van der Waals surface area contributed by atoms with Crippen molar-refractivity contribution in [3.63, 3.8) is 0 Å². The van der Waals surface area contributed by atoms with E-state index in [2.05, 4.69) is 9.97 Å². The van der Waals surface area contributed by atoms with Crippen LogP contribution >= 0.6 is 11.3 Å². The first kappa shape index (κ1) is 15.7. The number of thiophene rings is 1. The third-order valence-corrected chi connectivity index (χ3v) is 4.94. The number of hydrogen-bond donors (Lipinski definition) is 0. The van der Waals surface area contributed by atoms with Gasteiger partial charge in [0.1, 0.15) is 11.2 Å². The molecule has 0 unspecified atom stereocenters. The molecule has 0 saturated carbocycles. The second-order valence-corrected chi connectivity index (χ2v) is 6.58. The van der Waals surface area contributed by atoms with E-state index in [9.17, 15) is 9.59 Å². The summed E-state index contributed by atoms with van der Waals surface area (Å²) in [5.74, 6) is 0.154. The van der Waals surface area contributed by atoms with Gasteiger partial charge in [0.25, 0.3) is 11.8 Å². The number of imide groups is 1. The third-order valence-electron chi connectivity index (χ3n) is 4.12. The van der Waals surface area contributed by atoms with E-state index in [0.29, 0.717) is 36.6 Å². The summed E-state index contributed by atoms with van der Waals surface area (Å²) in [4.78, 5) is 35.1. The molecule has 3 aromatic rings. The van der Waals surface area contributed by atoms with Crippen LogP contribution in [0.3, 0.4) is 0 Å². The summed E-state index contributed by atoms with van der Waals surface area (Å²) in [7, 11) is 0. The highest BCUT2D eigenvalue weighted by Crippen LogP contribution is 2.26. The molecule has 25 heavy (non-hydrogen) atoms. The summed E-state index contributed by atoms with van der Waals surface area (Å²) in [6, 6.07) is 8.87. The number of hydrogen-bond acceptors (Lipinski definition) is 6. The number of aromatic nitrogens is 2. The first-order valence-electron chi connectivity index (χ1n) is 8.02. The van der Waals surface area contributed by atoms with Crippen molar-refractivity contribution in [3.05, 3.63) is 53.2 Å². The van der Waals surface area contributed by atoms with Gasteiger partial charge in [-0.2, -0.15) is 0 Å². The first-order valence-corrected chi connectivity index (χ1v) is 8.90. The van der Waals surface area contributed by atoms with Gasteiger partial charge in [0.2, 0.25) is 5.88 Å². The van der Waals surface area contributed by atoms with Crippen molar-refractivity contribution in [2.45, 2.75) is 12.8 Å². The van der Waals surface area contributed by atoms with E-state index < -0.39 is 0 Å². The number of unbranched alkanes of at least 4 members (excludes halogenated alkanes) is 1. The molecule has 1 aromatic carbocycles. The van der Waals surface area contributed by atoms with Crippen molar-refractivity contribution >= 4 is 33.4 Å². The lowest BCUT2D eigenvalue weighted by molar-refractivity contribution is 0.0649. The van der Waals surface area contributed by atoms with Gasteiger partial charge in [0, 0.05) is 6.54 Å². The van der Waals surface area contributed by atoms with Crippen LogP contribution in [0.25, 0.3) is 10.2 Å². The summed E-state index contributed by atoms with van der Waals surface area (Å²) in [5, 5.41) is 2.86. The summed E-state index contributed by atoms with van der Waals surface area (Å²) in [6.07, 6.45) is 2.90. The van der Waals surface area contributed by atoms with E-state index in [-0.39, 0.29) is 11.8 Å². The molecule has 6 nitrogen and oxygen atoms in total. The van der Waals surface area contributed by atoms with Crippen molar-refractivity contribution < 1.29 is 14.3 Å². The van der Waals surface area contributed by atoms with Gasteiger partial charge >= 0.3 is 0 Å². The smallest absolute Gasteiger partial charge is 0.261 e. The molecule has 0 bridgehead atoms. The van der Waals surface area contributed by atoms with Crippen molar-refractivity contribution in [3.8, 4) is 5.88 Å². The monoisotopic (exact) mass is 353 g/mol. The number of carbonyl (C=O) groups is 2. The zero-order valence-corrected chi connectivity index (χ0v) is 14.2. The van der Waals surface area contributed by atoms with Crippen molar-refractivity contribution in [1.29, 1.82) is 0 Å². The molecule has 2 amide bonds. The molecular weight excluding hydrogens is 338 g/mol. The van der Waals surface area contributed by atoms with E-state index in [1.165, 1.54) is 11.2 Å². The molecule has 0 fully saturated rings. The predicted octanol–water partition coefficient (Wildman–Crippen LogP) is 3.15. The lowest BCUT2D eigenvalue weighted by Crippen LogP contribution is -2.30. The second-order valence-electron chi connectivity index (χ2n) is 5.68. The lowest BCUT2D eigenvalue weighted by atomic mass is 10.1. The maximum absolute atomic E-state index is 12.3. The number of rotatable bonds is 6. The van der Waals surface area contributed by atoms with E-state index in [4.69, 9.17) is 4.74 Å². The maximum atomic E-state index is 12.3. The van der Waals surface area contributed by atoms with Crippen molar-refractivity contribution in [2.75, 3.05) is 13.2 Å². The predicted molar refractivity (Wildman–Crippen MR) is 94.0 cm³/mol. The SMILES string of the molecule is O=C1c2ccccc2C(=O)N1CCCCOc1ncnc2sccc12. The van der Waals surface area contributed by atoms with Crippen LogP contribution in [0.5, 0.6) is 5.88 Å². The van der Waals surface area contributed by atoms with Crippen LogP contribution in [-0.4, -0.2) is 39.8 Å². The molecule has 0 atom stereocenters. The molecule has 0 saturated heterocycles. The fourth-order valence-corrected chi connectivity index (χ4v) is 3.59. The Bertz CT molecular complexity index is 918. The average molecular weight is 353 g/mol. The van der Waals surface area contributed by atoms with Crippen LogP contribution in [0.1, 0.15) is 33.6 Å². The minimum atomic E-state index is -0.211. The molecule has 126 valence electrons. The Balaban J connectivity index is 1.30. The van der Waals surface area contributed by atoms with Gasteiger partial charge in [-0.15, -0.1) is 11.3 Å². The molecule has 0 radical (unpaired) electrons. The quantitative estimate of drug-likeness (QED) is 0.503. The van der Waals surface area contributed by atoms with Crippen LogP contribution < -0.4 is 4.74 Å². The van der Waals surface area contributed by atoms with Gasteiger partial charge in [-0.3, -0.25) is 14.5 Å².